The van der Waals surface area contributed by atoms with Gasteiger partial charge in [-0.2, -0.15) is 0 Å². The lowest BCUT2D eigenvalue weighted by Crippen LogP contribution is -2.52. The van der Waals surface area contributed by atoms with Crippen molar-refractivity contribution >= 4 is 11.5 Å². The first-order chi connectivity index (χ1) is 11.2. The fourth-order valence-corrected chi connectivity index (χ4v) is 3.70. The van der Waals surface area contributed by atoms with Gasteiger partial charge in [0.15, 0.2) is 5.78 Å². The molecule has 2 N–H and O–H groups in total. The number of anilines is 1. The standard InChI is InChI=1S/C18H27N3O2/c1-2-17(21-9-7-20(8-10-21)11-12-22)18(23)15-3-4-16-14(13-15)5-6-19-16/h3-4,13,17,19,22H,2,5-12H2,1H3. The molecule has 0 saturated carbocycles. The number of aliphatic hydroxyl groups is 1. The number of carbonyl (C=O) groups excluding carboxylic acids is 1. The van der Waals surface area contributed by atoms with Crippen LogP contribution in [0.25, 0.3) is 0 Å². The second-order valence-corrected chi connectivity index (χ2v) is 6.44. The first kappa shape index (κ1) is 16.4. The monoisotopic (exact) mass is 317 g/mol. The third-order valence-electron chi connectivity index (χ3n) is 5.05. The predicted octanol–water partition coefficient (Wildman–Crippen LogP) is 1.23. The van der Waals surface area contributed by atoms with Crippen LogP contribution in [0.15, 0.2) is 18.2 Å². The number of aliphatic hydroxyl groups excluding tert-OH is 1. The molecule has 0 radical (unpaired) electrons. The van der Waals surface area contributed by atoms with Crippen LogP contribution in [-0.2, 0) is 6.42 Å². The Morgan fingerprint density at radius 3 is 2.78 bits per heavy atom. The zero-order valence-corrected chi connectivity index (χ0v) is 13.9. The van der Waals surface area contributed by atoms with Gasteiger partial charge < -0.3 is 10.4 Å². The first-order valence-corrected chi connectivity index (χ1v) is 8.71. The fraction of sp³-hybridized carbons (Fsp3) is 0.611. The number of benzene rings is 1. The molecule has 5 heteroatoms. The summed E-state index contributed by atoms with van der Waals surface area (Å²) < 4.78 is 0. The number of Topliss-reactive ketones (excluding diaryl/α,β-unsaturated/α-hetero) is 1. The van der Waals surface area contributed by atoms with Gasteiger partial charge in [0.05, 0.1) is 12.6 Å². The molecule has 1 aromatic carbocycles. The maximum absolute atomic E-state index is 13.0. The number of ketones is 1. The molecule has 0 aromatic heterocycles. The summed E-state index contributed by atoms with van der Waals surface area (Å²) in [5.74, 6) is 0.248. The summed E-state index contributed by atoms with van der Waals surface area (Å²) in [5, 5.41) is 12.4. The van der Waals surface area contributed by atoms with Crippen LogP contribution in [-0.4, -0.2) is 72.6 Å². The van der Waals surface area contributed by atoms with Gasteiger partial charge in [0, 0.05) is 50.5 Å². The minimum absolute atomic E-state index is 0.0290. The molecule has 0 aliphatic carbocycles. The molecule has 0 amide bonds. The summed E-state index contributed by atoms with van der Waals surface area (Å²) >= 11 is 0. The van der Waals surface area contributed by atoms with Gasteiger partial charge >= 0.3 is 0 Å². The van der Waals surface area contributed by atoms with Crippen molar-refractivity contribution in [3.8, 4) is 0 Å². The average Bonchev–Trinajstić information content (AvgIpc) is 3.05. The molecule has 3 rings (SSSR count). The SMILES string of the molecule is CCC(C(=O)c1ccc2c(c1)CCN2)N1CCN(CCO)CC1. The first-order valence-electron chi connectivity index (χ1n) is 8.71. The Kier molecular flexibility index (Phi) is 5.30. The van der Waals surface area contributed by atoms with Crippen molar-refractivity contribution in [1.29, 1.82) is 0 Å². The summed E-state index contributed by atoms with van der Waals surface area (Å²) in [7, 11) is 0. The van der Waals surface area contributed by atoms with E-state index < -0.39 is 0 Å². The molecule has 2 aliphatic heterocycles. The zero-order chi connectivity index (χ0) is 16.2. The van der Waals surface area contributed by atoms with Crippen molar-refractivity contribution in [2.75, 3.05) is 51.2 Å². The van der Waals surface area contributed by atoms with E-state index in [1.807, 2.05) is 12.1 Å². The molecular formula is C18H27N3O2. The summed E-state index contributed by atoms with van der Waals surface area (Å²) in [5.41, 5.74) is 3.28. The van der Waals surface area contributed by atoms with E-state index in [1.165, 1.54) is 11.3 Å². The van der Waals surface area contributed by atoms with E-state index in [-0.39, 0.29) is 18.4 Å². The Bertz CT molecular complexity index is 553. The minimum atomic E-state index is -0.0290. The van der Waals surface area contributed by atoms with Crippen molar-refractivity contribution in [2.45, 2.75) is 25.8 Å². The lowest BCUT2D eigenvalue weighted by atomic mass is 9.97. The van der Waals surface area contributed by atoms with Crippen molar-refractivity contribution in [2.24, 2.45) is 0 Å². The van der Waals surface area contributed by atoms with Gasteiger partial charge in [-0.3, -0.25) is 14.6 Å². The number of β-amino-alcohol motifs (C(OH)–C–C–N with tert-alkyl or cyclic N) is 1. The number of hydrogen-bond acceptors (Lipinski definition) is 5. The summed E-state index contributed by atoms with van der Waals surface area (Å²) in [6.45, 7) is 7.66. The molecule has 5 nitrogen and oxygen atoms in total. The van der Waals surface area contributed by atoms with E-state index in [1.54, 1.807) is 0 Å². The Labute approximate surface area is 138 Å². The largest absolute Gasteiger partial charge is 0.395 e. The Morgan fingerprint density at radius 1 is 1.30 bits per heavy atom. The molecule has 1 atom stereocenters. The van der Waals surface area contributed by atoms with E-state index in [0.717, 1.165) is 57.7 Å². The predicted molar refractivity (Wildman–Crippen MR) is 92.1 cm³/mol. The van der Waals surface area contributed by atoms with Crippen LogP contribution >= 0.6 is 0 Å². The van der Waals surface area contributed by atoms with Gasteiger partial charge in [-0.25, -0.2) is 0 Å². The van der Waals surface area contributed by atoms with Crippen LogP contribution in [0.4, 0.5) is 5.69 Å². The Balaban J connectivity index is 1.67. The van der Waals surface area contributed by atoms with E-state index in [2.05, 4.69) is 28.1 Å². The van der Waals surface area contributed by atoms with E-state index >= 15 is 0 Å². The van der Waals surface area contributed by atoms with Gasteiger partial charge in [0.1, 0.15) is 0 Å². The number of nitrogens with zero attached hydrogens (tertiary/aromatic N) is 2. The van der Waals surface area contributed by atoms with E-state index in [4.69, 9.17) is 5.11 Å². The quantitative estimate of drug-likeness (QED) is 0.773. The number of nitrogens with one attached hydrogen (secondary N) is 1. The molecule has 23 heavy (non-hydrogen) atoms. The molecular weight excluding hydrogens is 290 g/mol. The van der Waals surface area contributed by atoms with Gasteiger partial charge in [-0.1, -0.05) is 6.92 Å². The lowest BCUT2D eigenvalue weighted by molar-refractivity contribution is 0.0620. The van der Waals surface area contributed by atoms with Gasteiger partial charge in [0.2, 0.25) is 0 Å². The Morgan fingerprint density at radius 2 is 2.09 bits per heavy atom. The van der Waals surface area contributed by atoms with Crippen LogP contribution < -0.4 is 5.32 Å². The smallest absolute Gasteiger partial charge is 0.179 e. The molecule has 2 heterocycles. The van der Waals surface area contributed by atoms with Crippen molar-refractivity contribution in [3.05, 3.63) is 29.3 Å². The molecule has 1 unspecified atom stereocenters. The Hall–Kier alpha value is -1.43. The highest BCUT2D eigenvalue weighted by Crippen LogP contribution is 2.24. The zero-order valence-electron chi connectivity index (χ0n) is 13.9. The summed E-state index contributed by atoms with van der Waals surface area (Å²) in [6, 6.07) is 6.05. The van der Waals surface area contributed by atoms with Crippen molar-refractivity contribution < 1.29 is 9.90 Å². The van der Waals surface area contributed by atoms with Crippen LogP contribution in [0, 0.1) is 0 Å². The average molecular weight is 317 g/mol. The van der Waals surface area contributed by atoms with Crippen LogP contribution in [0.5, 0.6) is 0 Å². The van der Waals surface area contributed by atoms with Gasteiger partial charge in [-0.05, 0) is 36.6 Å². The number of carbonyl (C=O) groups is 1. The van der Waals surface area contributed by atoms with E-state index in [0.29, 0.717) is 0 Å². The normalized spacial score (nSPS) is 20.1. The highest BCUT2D eigenvalue weighted by atomic mass is 16.3. The van der Waals surface area contributed by atoms with Gasteiger partial charge in [0.25, 0.3) is 0 Å². The van der Waals surface area contributed by atoms with Gasteiger partial charge in [-0.15, -0.1) is 0 Å². The third-order valence-corrected chi connectivity index (χ3v) is 5.05. The van der Waals surface area contributed by atoms with E-state index in [9.17, 15) is 4.79 Å². The molecule has 126 valence electrons. The van der Waals surface area contributed by atoms with Crippen molar-refractivity contribution in [3.63, 3.8) is 0 Å². The lowest BCUT2D eigenvalue weighted by Gasteiger charge is -2.38. The maximum atomic E-state index is 13.0. The maximum Gasteiger partial charge on any atom is 0.179 e. The fourth-order valence-electron chi connectivity index (χ4n) is 3.70. The number of hydrogen-bond donors (Lipinski definition) is 2. The molecule has 0 spiro atoms. The third kappa shape index (κ3) is 3.57. The second-order valence-electron chi connectivity index (χ2n) is 6.44. The number of fused-ring (bicyclic) bond motifs is 1. The highest BCUT2D eigenvalue weighted by Gasteiger charge is 2.28. The van der Waals surface area contributed by atoms with Crippen LogP contribution in [0.3, 0.4) is 0 Å². The molecule has 2 aliphatic rings. The molecule has 1 fully saturated rings. The highest BCUT2D eigenvalue weighted by molar-refractivity contribution is 6.00. The molecule has 0 bridgehead atoms. The summed E-state index contributed by atoms with van der Waals surface area (Å²) in [6.07, 6.45) is 1.85. The number of rotatable bonds is 6. The number of piperazine rings is 1. The minimum Gasteiger partial charge on any atom is -0.395 e. The second kappa shape index (κ2) is 7.43. The molecule has 1 saturated heterocycles. The van der Waals surface area contributed by atoms with Crippen LogP contribution in [0.2, 0.25) is 0 Å². The topological polar surface area (TPSA) is 55.8 Å². The summed E-state index contributed by atoms with van der Waals surface area (Å²) in [4.78, 5) is 17.5. The van der Waals surface area contributed by atoms with Crippen molar-refractivity contribution in [1.82, 2.24) is 9.80 Å². The molecule has 1 aromatic rings. The van der Waals surface area contributed by atoms with Crippen LogP contribution in [0.1, 0.15) is 29.3 Å².